The van der Waals surface area contributed by atoms with Crippen LogP contribution in [0.2, 0.25) is 0 Å². The largest absolute Gasteiger partial charge is 0.287 e. The summed E-state index contributed by atoms with van der Waals surface area (Å²) < 4.78 is 296. The van der Waals surface area contributed by atoms with Gasteiger partial charge in [0.15, 0.2) is 82.2 Å². The lowest BCUT2D eigenvalue weighted by atomic mass is 9.12. The van der Waals surface area contributed by atoms with E-state index >= 15 is 35.1 Å². The minimum absolute atomic E-state index is 0.139. The van der Waals surface area contributed by atoms with E-state index in [4.69, 9.17) is 0 Å². The zero-order chi connectivity index (χ0) is 57.8. The number of aromatic nitrogens is 2. The second-order valence-electron chi connectivity index (χ2n) is 18.4. The summed E-state index contributed by atoms with van der Waals surface area (Å²) in [6.07, 6.45) is 21.8. The van der Waals surface area contributed by atoms with Gasteiger partial charge < -0.3 is 0 Å². The number of carbonyl (C=O) groups excluding carboxylic acids is 1. The fraction of sp³-hybridized carbons (Fsp3) is 0.352. The van der Waals surface area contributed by atoms with Crippen molar-refractivity contribution in [3.8, 4) is 0 Å². The first-order chi connectivity index (χ1) is 37.0. The SMILES string of the molecule is CCCCCCCCCCCCCCCCCCc1c[n+](CC(=O)c2ccccc2)ccn1.Fc1c(F)c(F)c([B-](c2c(F)c(F)c(F)c(F)c2F)(c2c(F)c(F)c(F)c(F)c2F)c2c(F)c(F)c(F)c(F)c2F)c(F)c1F. The number of hydrogen-bond acceptors (Lipinski definition) is 2. The van der Waals surface area contributed by atoms with Crippen molar-refractivity contribution >= 4 is 33.8 Å². The fourth-order valence-electron chi connectivity index (χ4n) is 9.32. The number of benzene rings is 5. The highest BCUT2D eigenvalue weighted by molar-refractivity contribution is 7.20. The molecule has 0 atom stereocenters. The molecule has 0 N–H and O–H groups in total. The highest BCUT2D eigenvalue weighted by atomic mass is 19.2. The number of unbranched alkanes of at least 4 members (excludes halogenated alkanes) is 15. The number of ketones is 1. The molecule has 24 heteroatoms. The second kappa shape index (κ2) is 27.9. The minimum Gasteiger partial charge on any atom is -0.287 e. The van der Waals surface area contributed by atoms with Crippen LogP contribution in [0.25, 0.3) is 0 Å². The zero-order valence-electron chi connectivity index (χ0n) is 41.3. The van der Waals surface area contributed by atoms with Crippen LogP contribution in [0.5, 0.6) is 0 Å². The van der Waals surface area contributed by atoms with Gasteiger partial charge in [-0.3, -0.25) is 4.79 Å². The molecule has 0 fully saturated rings. The number of carbonyl (C=O) groups is 1. The quantitative estimate of drug-likeness (QED) is 0.0115. The van der Waals surface area contributed by atoms with Gasteiger partial charge >= 0.3 is 0 Å². The normalized spacial score (nSPS) is 11.6. The van der Waals surface area contributed by atoms with Crippen molar-refractivity contribution in [2.24, 2.45) is 0 Å². The molecule has 5 aromatic carbocycles. The standard InChI is InChI=1S/C30H47N2O.C24BF20/c1-2-3-4-5-6-7-8-9-10-11-12-13-14-15-16-20-23-29-26-32(25-24-31-29)27-30(33)28-21-18-17-19-22-28;26-5-1(6(27)14(35)21(42)13(5)34)25(2-7(28)15(36)22(43)16(37)8(2)29,3-9(30)17(38)23(44)18(39)10(3)31)4-11(32)19(40)24(45)20(41)12(4)33/h17-19,21-22,24-26H,2-16,20,23,27H2,1H3;/q+1;-1. The Morgan fingerprint density at radius 2 is 0.654 bits per heavy atom. The highest BCUT2D eigenvalue weighted by Crippen LogP contribution is 2.31. The summed E-state index contributed by atoms with van der Waals surface area (Å²) in [5, 5.41) is 0. The van der Waals surface area contributed by atoms with Crippen LogP contribution in [-0.2, 0) is 13.0 Å². The highest BCUT2D eigenvalue weighted by Gasteiger charge is 2.52. The lowest BCUT2D eigenvalue weighted by Crippen LogP contribution is -2.81. The molecule has 6 aromatic rings. The second-order valence-corrected chi connectivity index (χ2v) is 18.4. The van der Waals surface area contributed by atoms with E-state index in [0.717, 1.165) is 17.7 Å². The molecule has 0 aliphatic rings. The molecule has 0 saturated heterocycles. The van der Waals surface area contributed by atoms with Gasteiger partial charge in [-0.25, -0.2) is 92.8 Å². The van der Waals surface area contributed by atoms with Gasteiger partial charge in [-0.15, -0.1) is 21.9 Å². The van der Waals surface area contributed by atoms with Crippen molar-refractivity contribution in [1.29, 1.82) is 0 Å². The summed E-state index contributed by atoms with van der Waals surface area (Å²) in [4.78, 5) is 16.9. The van der Waals surface area contributed by atoms with Gasteiger partial charge in [0.25, 0.3) is 0 Å². The van der Waals surface area contributed by atoms with E-state index in [1.165, 1.54) is 103 Å². The monoisotopic (exact) mass is 1130 g/mol. The third-order valence-electron chi connectivity index (χ3n) is 13.2. The maximum absolute atomic E-state index is 15.4. The average Bonchev–Trinajstić information content (AvgIpc) is 3.43. The minimum atomic E-state index is -7.22. The van der Waals surface area contributed by atoms with E-state index < -0.39 is 144 Å². The molecule has 0 aliphatic carbocycles. The molecule has 0 unspecified atom stereocenters. The van der Waals surface area contributed by atoms with Crippen LogP contribution in [0, 0.1) is 116 Å². The Labute approximate surface area is 434 Å². The number of aryl methyl sites for hydroxylation is 1. The van der Waals surface area contributed by atoms with Crippen LogP contribution in [0.1, 0.15) is 126 Å². The molecule has 0 saturated carbocycles. The third-order valence-corrected chi connectivity index (χ3v) is 13.2. The van der Waals surface area contributed by atoms with Crippen LogP contribution >= 0.6 is 0 Å². The van der Waals surface area contributed by atoms with E-state index in [1.807, 2.05) is 53.5 Å². The summed E-state index contributed by atoms with van der Waals surface area (Å²) >= 11 is 0. The molecule has 0 aliphatic heterocycles. The summed E-state index contributed by atoms with van der Waals surface area (Å²) in [7, 11) is 0. The van der Waals surface area contributed by atoms with Crippen molar-refractivity contribution in [2.75, 3.05) is 0 Å². The molecular weight excluding hydrogens is 1080 g/mol. The molecule has 78 heavy (non-hydrogen) atoms. The van der Waals surface area contributed by atoms with E-state index in [-0.39, 0.29) is 5.78 Å². The lowest BCUT2D eigenvalue weighted by molar-refractivity contribution is -0.684. The molecule has 0 bridgehead atoms. The number of halogens is 20. The Morgan fingerprint density at radius 1 is 0.385 bits per heavy atom. The summed E-state index contributed by atoms with van der Waals surface area (Å²) in [5.74, 6) is -71.3. The van der Waals surface area contributed by atoms with Gasteiger partial charge in [-0.1, -0.05) is 134 Å². The molecule has 0 spiro atoms. The predicted molar refractivity (Wildman–Crippen MR) is 248 cm³/mol. The van der Waals surface area contributed by atoms with E-state index in [2.05, 4.69) is 11.9 Å². The van der Waals surface area contributed by atoms with Gasteiger partial charge in [0.05, 0.1) is 6.20 Å². The first-order valence-corrected chi connectivity index (χ1v) is 24.6. The van der Waals surface area contributed by atoms with Crippen LogP contribution in [0.15, 0.2) is 48.9 Å². The molecule has 6 rings (SSSR count). The Morgan fingerprint density at radius 3 is 0.949 bits per heavy atom. The fourth-order valence-corrected chi connectivity index (χ4v) is 9.32. The van der Waals surface area contributed by atoms with Crippen molar-refractivity contribution < 1.29 is 97.2 Å². The third kappa shape index (κ3) is 13.2. The van der Waals surface area contributed by atoms with Crippen molar-refractivity contribution in [1.82, 2.24) is 4.98 Å². The van der Waals surface area contributed by atoms with Crippen LogP contribution in [-0.4, -0.2) is 16.9 Å². The Kier molecular flexibility index (Phi) is 22.3. The first kappa shape index (κ1) is 62.4. The first-order valence-electron chi connectivity index (χ1n) is 24.6. The molecule has 3 nitrogen and oxygen atoms in total. The molecule has 0 radical (unpaired) electrons. The number of hydrogen-bond donors (Lipinski definition) is 0. The Bertz CT molecular complexity index is 2700. The molecule has 1 heterocycles. The van der Waals surface area contributed by atoms with Crippen molar-refractivity contribution in [2.45, 2.75) is 123 Å². The lowest BCUT2D eigenvalue weighted by Gasteiger charge is -2.44. The molecule has 0 amide bonds. The molecular formula is C54H47BF20N2O. The zero-order valence-corrected chi connectivity index (χ0v) is 41.3. The van der Waals surface area contributed by atoms with Gasteiger partial charge in [0, 0.05) is 5.56 Å². The van der Waals surface area contributed by atoms with Crippen molar-refractivity contribution in [3.63, 3.8) is 0 Å². The van der Waals surface area contributed by atoms with Crippen molar-refractivity contribution in [3.05, 3.63) is 177 Å². The predicted octanol–water partition coefficient (Wildman–Crippen LogP) is 13.9. The van der Waals surface area contributed by atoms with Gasteiger partial charge in [0.2, 0.25) is 12.3 Å². The number of rotatable bonds is 24. The summed E-state index contributed by atoms with van der Waals surface area (Å²) in [6.45, 7) is 2.66. The van der Waals surface area contributed by atoms with E-state index in [1.54, 1.807) is 0 Å². The smallest absolute Gasteiger partial charge is 0.227 e. The van der Waals surface area contributed by atoms with Gasteiger partial charge in [-0.2, -0.15) is 4.57 Å². The number of nitrogens with zero attached hydrogens (tertiary/aromatic N) is 2. The van der Waals surface area contributed by atoms with Crippen LogP contribution in [0.4, 0.5) is 87.8 Å². The van der Waals surface area contributed by atoms with Crippen LogP contribution < -0.4 is 26.4 Å². The average molecular weight is 1130 g/mol. The van der Waals surface area contributed by atoms with E-state index in [0.29, 0.717) is 6.54 Å². The Balaban J connectivity index is 0.000000302. The topological polar surface area (TPSA) is 33.8 Å². The van der Waals surface area contributed by atoms with E-state index in [9.17, 15) is 57.5 Å². The maximum Gasteiger partial charge on any atom is 0.227 e. The summed E-state index contributed by atoms with van der Waals surface area (Å²) in [5.41, 5.74) is -12.5. The number of Topliss-reactive ketones (excluding diaryl/α,β-unsaturated/α-hetero) is 1. The van der Waals surface area contributed by atoms with Gasteiger partial charge in [-0.05, 0) is 12.8 Å². The van der Waals surface area contributed by atoms with Crippen LogP contribution in [0.3, 0.4) is 0 Å². The maximum atomic E-state index is 15.4. The summed E-state index contributed by atoms with van der Waals surface area (Å²) in [6, 6.07) is 9.51. The van der Waals surface area contributed by atoms with Gasteiger partial charge in [0.1, 0.15) is 58.4 Å². The molecule has 1 aromatic heterocycles. The molecule has 422 valence electrons. The Hall–Kier alpha value is -6.49.